The third-order valence-electron chi connectivity index (χ3n) is 6.29. The van der Waals surface area contributed by atoms with Crippen LogP contribution in [0.25, 0.3) is 0 Å². The fourth-order valence-corrected chi connectivity index (χ4v) is 4.45. The van der Waals surface area contributed by atoms with Crippen molar-refractivity contribution in [3.05, 3.63) is 0 Å². The molecule has 194 valence electrons. The largest absolute Gasteiger partial charge is 0.480 e. The zero-order valence-electron chi connectivity index (χ0n) is 20.3. The van der Waals surface area contributed by atoms with Gasteiger partial charge in [0, 0.05) is 19.3 Å². The first kappa shape index (κ1) is 28.0. The number of carbonyl (C=O) groups is 5. The fraction of sp³-hybridized carbons (Fsp3) is 0.708. The smallest absolute Gasteiger partial charge is 0.407 e. The first-order valence-corrected chi connectivity index (χ1v) is 12.1. The molecular formula is C24H36N4O7. The molecule has 6 N–H and O–H groups in total. The van der Waals surface area contributed by atoms with Gasteiger partial charge in [0.15, 0.2) is 0 Å². The topological polar surface area (TPSA) is 177 Å². The molecule has 1 fully saturated rings. The third-order valence-corrected chi connectivity index (χ3v) is 6.29. The predicted molar refractivity (Wildman–Crippen MR) is 125 cm³/mol. The van der Waals surface area contributed by atoms with Crippen LogP contribution >= 0.6 is 0 Å². The van der Waals surface area contributed by atoms with E-state index >= 15 is 0 Å². The summed E-state index contributed by atoms with van der Waals surface area (Å²) in [4.78, 5) is 59.7. The molecule has 0 aromatic carbocycles. The molecule has 11 nitrogen and oxygen atoms in total. The number of alkyl carbamates (subject to hydrolysis) is 1. The summed E-state index contributed by atoms with van der Waals surface area (Å²) in [5.41, 5.74) is 5.15. The number of amides is 4. The van der Waals surface area contributed by atoms with Crippen LogP contribution in [0.3, 0.4) is 0 Å². The molecular weight excluding hydrogens is 456 g/mol. The van der Waals surface area contributed by atoms with Gasteiger partial charge in [-0.05, 0) is 49.4 Å². The number of carboxylic acids is 1. The van der Waals surface area contributed by atoms with Gasteiger partial charge < -0.3 is 31.5 Å². The minimum Gasteiger partial charge on any atom is -0.480 e. The van der Waals surface area contributed by atoms with Crippen LogP contribution in [0.2, 0.25) is 0 Å². The van der Waals surface area contributed by atoms with E-state index in [0.29, 0.717) is 17.8 Å². The number of ether oxygens (including phenoxy) is 1. The summed E-state index contributed by atoms with van der Waals surface area (Å²) in [6.07, 6.45) is 2.99. The second-order valence-corrected chi connectivity index (χ2v) is 9.53. The lowest BCUT2D eigenvalue weighted by Crippen LogP contribution is -2.54. The Kier molecular flexibility index (Phi) is 10.8. The van der Waals surface area contributed by atoms with Crippen LogP contribution < -0.4 is 21.7 Å². The molecule has 2 rings (SSSR count). The van der Waals surface area contributed by atoms with Crippen LogP contribution in [-0.4, -0.2) is 60.1 Å². The van der Waals surface area contributed by atoms with Crippen LogP contribution in [0.4, 0.5) is 4.79 Å². The Morgan fingerprint density at radius 1 is 1.00 bits per heavy atom. The van der Waals surface area contributed by atoms with Crippen LogP contribution in [0.15, 0.2) is 0 Å². The van der Waals surface area contributed by atoms with E-state index in [2.05, 4.69) is 27.8 Å². The second kappa shape index (κ2) is 13.6. The highest BCUT2D eigenvalue weighted by Crippen LogP contribution is 2.52. The monoisotopic (exact) mass is 492 g/mol. The number of hydrogen-bond acceptors (Lipinski definition) is 6. The first-order valence-electron chi connectivity index (χ1n) is 12.1. The standard InChI is InChI=1S/C24H36N4O7/c1-14(2)11-19(23(33)27-18(9-10-20(25)29)22(32)26-12-21(30)31)28-24(34)35-13-17-15-7-5-3-4-6-8-16(15)17/h14-19H,5-13H2,1-2H3,(H2,25,29)(H,26,32)(H,27,33)(H,28,34)(H,30,31)/t15?,16?,17?,18-,19-/m0/s1. The zero-order chi connectivity index (χ0) is 26.0. The van der Waals surface area contributed by atoms with Gasteiger partial charge in [-0.3, -0.25) is 19.2 Å². The summed E-state index contributed by atoms with van der Waals surface area (Å²) in [6.45, 7) is 3.38. The molecule has 0 heterocycles. The Morgan fingerprint density at radius 2 is 1.63 bits per heavy atom. The van der Waals surface area contributed by atoms with Gasteiger partial charge in [0.1, 0.15) is 18.6 Å². The third kappa shape index (κ3) is 9.84. The maximum absolute atomic E-state index is 12.9. The Balaban J connectivity index is 1.93. The number of primary amides is 1. The molecule has 0 bridgehead atoms. The van der Waals surface area contributed by atoms with Gasteiger partial charge in [0.05, 0.1) is 6.61 Å². The van der Waals surface area contributed by atoms with E-state index in [1.807, 2.05) is 13.8 Å². The summed E-state index contributed by atoms with van der Waals surface area (Å²) in [5, 5.41) is 16.0. The molecule has 0 aromatic heterocycles. The van der Waals surface area contributed by atoms with E-state index in [1.165, 1.54) is 0 Å². The van der Waals surface area contributed by atoms with E-state index < -0.39 is 48.4 Å². The molecule has 0 aliphatic heterocycles. The van der Waals surface area contributed by atoms with Crippen LogP contribution in [-0.2, 0) is 23.9 Å². The molecule has 2 unspecified atom stereocenters. The Bertz CT molecular complexity index is 846. The number of aliphatic carboxylic acids is 1. The van der Waals surface area contributed by atoms with Crippen LogP contribution in [0, 0.1) is 35.5 Å². The molecule has 1 saturated carbocycles. The number of nitrogens with one attached hydrogen (secondary N) is 3. The van der Waals surface area contributed by atoms with Gasteiger partial charge in [-0.1, -0.05) is 13.8 Å². The molecule has 4 amide bonds. The van der Waals surface area contributed by atoms with E-state index in [9.17, 15) is 24.0 Å². The highest BCUT2D eigenvalue weighted by atomic mass is 16.5. The number of nitrogens with two attached hydrogens (primary N) is 1. The van der Waals surface area contributed by atoms with Crippen LogP contribution in [0.5, 0.6) is 0 Å². The molecule has 2 aliphatic carbocycles. The zero-order valence-corrected chi connectivity index (χ0v) is 20.3. The highest BCUT2D eigenvalue weighted by Gasteiger charge is 2.49. The molecule has 11 heteroatoms. The maximum atomic E-state index is 12.9. The van der Waals surface area contributed by atoms with Crippen molar-refractivity contribution in [2.75, 3.05) is 13.2 Å². The van der Waals surface area contributed by atoms with Crippen LogP contribution in [0.1, 0.15) is 58.8 Å². The number of carboxylic acid groups (broad SMARTS) is 1. The summed E-state index contributed by atoms with van der Waals surface area (Å²) in [7, 11) is 0. The molecule has 4 atom stereocenters. The van der Waals surface area contributed by atoms with Crippen molar-refractivity contribution in [1.82, 2.24) is 16.0 Å². The van der Waals surface area contributed by atoms with Gasteiger partial charge >= 0.3 is 12.1 Å². The van der Waals surface area contributed by atoms with E-state index in [4.69, 9.17) is 15.6 Å². The van der Waals surface area contributed by atoms with Crippen molar-refractivity contribution in [3.63, 3.8) is 0 Å². The first-order chi connectivity index (χ1) is 16.6. The lowest BCUT2D eigenvalue weighted by atomic mass is 10.0. The lowest BCUT2D eigenvalue weighted by molar-refractivity contribution is -0.138. The summed E-state index contributed by atoms with van der Waals surface area (Å²) < 4.78 is 5.42. The molecule has 0 spiro atoms. The van der Waals surface area contributed by atoms with E-state index in [0.717, 1.165) is 25.7 Å². The van der Waals surface area contributed by atoms with Gasteiger partial charge in [0.2, 0.25) is 17.7 Å². The molecule has 35 heavy (non-hydrogen) atoms. The Hall–Kier alpha value is -3.29. The molecule has 0 radical (unpaired) electrons. The summed E-state index contributed by atoms with van der Waals surface area (Å²) in [6, 6.07) is -2.17. The Labute approximate surface area is 205 Å². The van der Waals surface area contributed by atoms with Crippen molar-refractivity contribution in [1.29, 1.82) is 0 Å². The van der Waals surface area contributed by atoms with Crippen molar-refractivity contribution in [2.45, 2.75) is 70.9 Å². The van der Waals surface area contributed by atoms with Crippen molar-refractivity contribution in [3.8, 4) is 11.8 Å². The van der Waals surface area contributed by atoms with E-state index in [1.54, 1.807) is 0 Å². The fourth-order valence-electron chi connectivity index (χ4n) is 4.45. The quantitative estimate of drug-likeness (QED) is 0.233. The second-order valence-electron chi connectivity index (χ2n) is 9.53. The average molecular weight is 493 g/mol. The SMILES string of the molecule is CC(C)C[C@H](NC(=O)OCC1C2CCC#CCCC21)C(=O)N[C@@H](CCC(N)=O)C(=O)NCC(=O)O. The minimum atomic E-state index is -1.25. The van der Waals surface area contributed by atoms with Gasteiger partial charge in [-0.15, -0.1) is 11.8 Å². The number of hydrogen-bond donors (Lipinski definition) is 5. The minimum absolute atomic E-state index is 0.0368. The summed E-state index contributed by atoms with van der Waals surface area (Å²) >= 11 is 0. The number of rotatable bonds is 13. The van der Waals surface area contributed by atoms with Gasteiger partial charge in [0.25, 0.3) is 0 Å². The molecule has 2 aliphatic rings. The lowest BCUT2D eigenvalue weighted by Gasteiger charge is -2.23. The maximum Gasteiger partial charge on any atom is 0.407 e. The van der Waals surface area contributed by atoms with E-state index in [-0.39, 0.29) is 31.8 Å². The highest BCUT2D eigenvalue weighted by molar-refractivity contribution is 5.92. The molecule has 0 saturated heterocycles. The molecule has 0 aromatic rings. The summed E-state index contributed by atoms with van der Waals surface area (Å²) in [5.74, 6) is 4.32. The average Bonchev–Trinajstić information content (AvgIpc) is 3.41. The van der Waals surface area contributed by atoms with Crippen molar-refractivity contribution < 1.29 is 33.8 Å². The predicted octanol–water partition coefficient (Wildman–Crippen LogP) is 0.518. The van der Waals surface area contributed by atoms with Gasteiger partial charge in [-0.25, -0.2) is 4.79 Å². The number of carbonyl (C=O) groups excluding carboxylic acids is 4. The Morgan fingerprint density at radius 3 is 2.17 bits per heavy atom. The number of fused-ring (bicyclic) bond motifs is 1. The van der Waals surface area contributed by atoms with Crippen molar-refractivity contribution >= 4 is 29.8 Å². The van der Waals surface area contributed by atoms with Gasteiger partial charge in [-0.2, -0.15) is 0 Å². The normalized spacial score (nSPS) is 22.1. The van der Waals surface area contributed by atoms with Crippen molar-refractivity contribution in [2.24, 2.45) is 29.4 Å².